The molecular formula is C7H12N2O. The molecule has 1 N–H and O–H groups in total. The Morgan fingerprint density at radius 2 is 2.50 bits per heavy atom. The van der Waals surface area contributed by atoms with Gasteiger partial charge in [0.1, 0.15) is 0 Å². The number of hydrogen-bond acceptors (Lipinski definition) is 2. The van der Waals surface area contributed by atoms with Crippen LogP contribution >= 0.6 is 0 Å². The molecule has 0 radical (unpaired) electrons. The zero-order valence-electron chi connectivity index (χ0n) is 6.13. The summed E-state index contributed by atoms with van der Waals surface area (Å²) in [4.78, 5) is 13.3. The Balaban J connectivity index is 2.17. The number of fused-ring (bicyclic) bond motifs is 2. The van der Waals surface area contributed by atoms with Crippen LogP contribution in [-0.4, -0.2) is 37.0 Å². The molecule has 2 heterocycles. The molecule has 3 nitrogen and oxygen atoms in total. The van der Waals surface area contributed by atoms with Crippen molar-refractivity contribution in [2.45, 2.75) is 12.5 Å². The van der Waals surface area contributed by atoms with Crippen LogP contribution in [0, 0.1) is 5.92 Å². The van der Waals surface area contributed by atoms with Crippen LogP contribution in [0.4, 0.5) is 0 Å². The van der Waals surface area contributed by atoms with Gasteiger partial charge in [0.25, 0.3) is 0 Å². The van der Waals surface area contributed by atoms with E-state index in [-0.39, 0.29) is 11.9 Å². The summed E-state index contributed by atoms with van der Waals surface area (Å²) in [5.41, 5.74) is 0. The van der Waals surface area contributed by atoms with E-state index in [2.05, 4.69) is 10.2 Å². The summed E-state index contributed by atoms with van der Waals surface area (Å²) in [7, 11) is 2.02. The normalized spacial score (nSPS) is 39.9. The topological polar surface area (TPSA) is 32.3 Å². The lowest BCUT2D eigenvalue weighted by Crippen LogP contribution is -2.43. The first-order chi connectivity index (χ1) is 4.77. The van der Waals surface area contributed by atoms with Gasteiger partial charge in [-0.2, -0.15) is 0 Å². The number of nitrogens with zero attached hydrogens (tertiary/aromatic N) is 1. The maximum atomic E-state index is 11.1. The molecule has 2 rings (SSSR count). The summed E-state index contributed by atoms with van der Waals surface area (Å²) < 4.78 is 0. The molecule has 2 aliphatic rings. The number of nitrogens with one attached hydrogen (secondary N) is 1. The Morgan fingerprint density at radius 3 is 3.20 bits per heavy atom. The molecule has 2 bridgehead atoms. The number of hydrogen-bond donors (Lipinski definition) is 1. The maximum absolute atomic E-state index is 11.1. The fourth-order valence-electron chi connectivity index (χ4n) is 1.92. The molecule has 0 aromatic heterocycles. The van der Waals surface area contributed by atoms with Gasteiger partial charge in [-0.1, -0.05) is 0 Å². The van der Waals surface area contributed by atoms with E-state index in [4.69, 9.17) is 0 Å². The van der Waals surface area contributed by atoms with Gasteiger partial charge < -0.3 is 5.32 Å². The summed E-state index contributed by atoms with van der Waals surface area (Å²) in [6.45, 7) is 1.98. The quantitative estimate of drug-likeness (QED) is 0.489. The zero-order valence-corrected chi connectivity index (χ0v) is 6.13. The minimum Gasteiger partial charge on any atom is -0.354 e. The van der Waals surface area contributed by atoms with Crippen molar-refractivity contribution in [3.63, 3.8) is 0 Å². The number of rotatable bonds is 0. The van der Waals surface area contributed by atoms with Crippen molar-refractivity contribution in [2.75, 3.05) is 20.1 Å². The molecule has 0 aromatic carbocycles. The van der Waals surface area contributed by atoms with Gasteiger partial charge in [-0.05, 0) is 19.4 Å². The van der Waals surface area contributed by atoms with Crippen molar-refractivity contribution in [3.8, 4) is 0 Å². The number of carbonyl (C=O) groups is 1. The Bertz CT molecular complexity index is 169. The van der Waals surface area contributed by atoms with Gasteiger partial charge in [-0.15, -0.1) is 0 Å². The van der Waals surface area contributed by atoms with Gasteiger partial charge in [0.2, 0.25) is 5.91 Å². The molecule has 3 heteroatoms. The SMILES string of the molecule is CN1C[C@@H]2CNC(=O)[C@@H]1C2. The first kappa shape index (κ1) is 6.16. The van der Waals surface area contributed by atoms with Crippen molar-refractivity contribution in [3.05, 3.63) is 0 Å². The molecule has 56 valence electrons. The molecule has 2 fully saturated rings. The van der Waals surface area contributed by atoms with Crippen molar-refractivity contribution in [2.24, 2.45) is 5.92 Å². The molecule has 0 spiro atoms. The average Bonchev–Trinajstić information content (AvgIpc) is 2.21. The highest BCUT2D eigenvalue weighted by Gasteiger charge is 2.38. The number of piperidine rings is 1. The molecule has 10 heavy (non-hydrogen) atoms. The first-order valence-electron chi connectivity index (χ1n) is 3.75. The Labute approximate surface area is 60.4 Å². The number of amides is 1. The second kappa shape index (κ2) is 1.95. The predicted octanol–water partition coefficient (Wildman–Crippen LogP) is -0.563. The lowest BCUT2D eigenvalue weighted by molar-refractivity contribution is -0.125. The molecule has 2 atom stereocenters. The summed E-state index contributed by atoms with van der Waals surface area (Å²) in [6, 6.07) is 0.179. The fraction of sp³-hybridized carbons (Fsp3) is 0.857. The molecule has 0 unspecified atom stereocenters. The van der Waals surface area contributed by atoms with Crippen LogP contribution in [-0.2, 0) is 4.79 Å². The fourth-order valence-corrected chi connectivity index (χ4v) is 1.92. The van der Waals surface area contributed by atoms with E-state index in [9.17, 15) is 4.79 Å². The minimum absolute atomic E-state index is 0.179. The second-order valence-corrected chi connectivity index (χ2v) is 3.30. The highest BCUT2D eigenvalue weighted by Crippen LogP contribution is 2.24. The molecular weight excluding hydrogens is 128 g/mol. The Morgan fingerprint density at radius 1 is 1.70 bits per heavy atom. The van der Waals surface area contributed by atoms with Gasteiger partial charge >= 0.3 is 0 Å². The van der Waals surface area contributed by atoms with Crippen molar-refractivity contribution >= 4 is 5.91 Å². The molecule has 0 saturated carbocycles. The third-order valence-electron chi connectivity index (χ3n) is 2.50. The molecule has 2 aliphatic heterocycles. The molecule has 0 aromatic rings. The van der Waals surface area contributed by atoms with Crippen LogP contribution in [0.5, 0.6) is 0 Å². The van der Waals surface area contributed by atoms with E-state index in [0.717, 1.165) is 19.5 Å². The van der Waals surface area contributed by atoms with Crippen LogP contribution in [0.1, 0.15) is 6.42 Å². The van der Waals surface area contributed by atoms with Gasteiger partial charge in [-0.25, -0.2) is 0 Å². The van der Waals surface area contributed by atoms with Crippen LogP contribution < -0.4 is 5.32 Å². The van der Waals surface area contributed by atoms with E-state index >= 15 is 0 Å². The molecule has 2 saturated heterocycles. The van der Waals surface area contributed by atoms with E-state index in [1.165, 1.54) is 0 Å². The first-order valence-corrected chi connectivity index (χ1v) is 3.75. The highest BCUT2D eigenvalue weighted by molar-refractivity contribution is 5.83. The van der Waals surface area contributed by atoms with Gasteiger partial charge in [-0.3, -0.25) is 9.69 Å². The largest absolute Gasteiger partial charge is 0.354 e. The maximum Gasteiger partial charge on any atom is 0.237 e. The summed E-state index contributed by atoms with van der Waals surface area (Å²) in [5.74, 6) is 0.934. The third kappa shape index (κ3) is 0.736. The van der Waals surface area contributed by atoms with Crippen LogP contribution in [0.3, 0.4) is 0 Å². The van der Waals surface area contributed by atoms with E-state index in [0.29, 0.717) is 5.92 Å². The molecule has 1 amide bonds. The third-order valence-corrected chi connectivity index (χ3v) is 2.50. The summed E-state index contributed by atoms with van der Waals surface area (Å²) >= 11 is 0. The zero-order chi connectivity index (χ0) is 7.14. The van der Waals surface area contributed by atoms with Crippen LogP contribution in [0.15, 0.2) is 0 Å². The number of likely N-dealkylation sites (tertiary alicyclic amines) is 1. The van der Waals surface area contributed by atoms with E-state index in [1.54, 1.807) is 0 Å². The van der Waals surface area contributed by atoms with Crippen molar-refractivity contribution < 1.29 is 4.79 Å². The second-order valence-electron chi connectivity index (χ2n) is 3.30. The molecule has 0 aliphatic carbocycles. The average molecular weight is 140 g/mol. The van der Waals surface area contributed by atoms with Gasteiger partial charge in [0.05, 0.1) is 6.04 Å². The summed E-state index contributed by atoms with van der Waals surface area (Å²) in [5, 5.41) is 2.89. The van der Waals surface area contributed by atoms with Crippen molar-refractivity contribution in [1.82, 2.24) is 10.2 Å². The standard InChI is InChI=1S/C7H12N2O/c1-9-4-5-2-6(9)7(10)8-3-5/h5-6H,2-4H2,1H3,(H,8,10)/t5-,6-/m0/s1. The van der Waals surface area contributed by atoms with Crippen molar-refractivity contribution in [1.29, 1.82) is 0 Å². The highest BCUT2D eigenvalue weighted by atomic mass is 16.2. The smallest absolute Gasteiger partial charge is 0.237 e. The Kier molecular flexibility index (Phi) is 1.20. The van der Waals surface area contributed by atoms with Gasteiger partial charge in [0.15, 0.2) is 0 Å². The lowest BCUT2D eigenvalue weighted by atomic mass is 10.0. The van der Waals surface area contributed by atoms with E-state index < -0.39 is 0 Å². The number of likely N-dealkylation sites (N-methyl/N-ethyl adjacent to an activating group) is 1. The number of carbonyl (C=O) groups excluding carboxylic acids is 1. The van der Waals surface area contributed by atoms with E-state index in [1.807, 2.05) is 7.05 Å². The monoisotopic (exact) mass is 140 g/mol. The lowest BCUT2D eigenvalue weighted by Gasteiger charge is -2.20. The predicted molar refractivity (Wildman–Crippen MR) is 37.5 cm³/mol. The van der Waals surface area contributed by atoms with Crippen LogP contribution in [0.2, 0.25) is 0 Å². The van der Waals surface area contributed by atoms with Crippen LogP contribution in [0.25, 0.3) is 0 Å². The van der Waals surface area contributed by atoms with Gasteiger partial charge in [0, 0.05) is 13.1 Å². The Hall–Kier alpha value is -0.570. The summed E-state index contributed by atoms with van der Waals surface area (Å²) in [6.07, 6.45) is 1.07. The minimum atomic E-state index is 0.179.